The van der Waals surface area contributed by atoms with Crippen LogP contribution in [0.2, 0.25) is 0 Å². The maximum absolute atomic E-state index is 11.9. The molecule has 0 bridgehead atoms. The molecule has 1 aliphatic heterocycles. The molecule has 0 amide bonds. The van der Waals surface area contributed by atoms with Crippen LogP contribution in [0, 0.1) is 0 Å². The van der Waals surface area contributed by atoms with Crippen LogP contribution in [0.25, 0.3) is 0 Å². The van der Waals surface area contributed by atoms with E-state index in [2.05, 4.69) is 6.58 Å². The Balaban J connectivity index is 2.51. The Morgan fingerprint density at radius 2 is 1.45 bits per heavy atom. The molecule has 1 saturated heterocycles. The molecule has 0 N–H and O–H groups in total. The third-order valence-electron chi connectivity index (χ3n) is 4.47. The van der Waals surface area contributed by atoms with Crippen LogP contribution in [0.3, 0.4) is 0 Å². The summed E-state index contributed by atoms with van der Waals surface area (Å²) in [6.45, 7) is 8.85. The van der Waals surface area contributed by atoms with Crippen molar-refractivity contribution in [2.45, 2.75) is 65.0 Å². The molecule has 10 nitrogen and oxygen atoms in total. The lowest BCUT2D eigenvalue weighted by Gasteiger charge is -2.44. The first-order valence-corrected chi connectivity index (χ1v) is 10.2. The van der Waals surface area contributed by atoms with Crippen LogP contribution in [0.5, 0.6) is 0 Å². The highest BCUT2D eigenvalue weighted by Gasteiger charge is 2.53. The fourth-order valence-corrected chi connectivity index (χ4v) is 3.42. The SMILES string of the molecule is C=CCOCc1cccc([C@@H]2OC(OC(C)=O)[C@@H](OC(C)=O)[C@H](OC(C)=O)[C@H]2OC(C)=O)c1. The van der Waals surface area contributed by atoms with Crippen molar-refractivity contribution in [3.8, 4) is 0 Å². The lowest BCUT2D eigenvalue weighted by Crippen LogP contribution is -2.59. The number of hydrogen-bond acceptors (Lipinski definition) is 10. The Bertz CT molecular complexity index is 880. The first-order chi connectivity index (χ1) is 15.6. The molecule has 1 unspecified atom stereocenters. The predicted octanol–water partition coefficient (Wildman–Crippen LogP) is 2.14. The monoisotopic (exact) mass is 464 g/mol. The van der Waals surface area contributed by atoms with Gasteiger partial charge in [0.1, 0.15) is 6.10 Å². The number of carbonyl (C=O) groups excluding carboxylic acids is 4. The molecule has 0 aliphatic carbocycles. The number of ether oxygens (including phenoxy) is 6. The zero-order chi connectivity index (χ0) is 24.5. The van der Waals surface area contributed by atoms with Gasteiger partial charge in [-0.3, -0.25) is 19.2 Å². The zero-order valence-electron chi connectivity index (χ0n) is 19.0. The Kier molecular flexibility index (Phi) is 9.56. The Morgan fingerprint density at radius 1 is 0.879 bits per heavy atom. The van der Waals surface area contributed by atoms with Gasteiger partial charge in [0.2, 0.25) is 12.4 Å². The number of benzene rings is 1. The number of esters is 4. The second-order valence-electron chi connectivity index (χ2n) is 7.31. The second kappa shape index (κ2) is 12.1. The largest absolute Gasteiger partial charge is 0.455 e. The molecular weight excluding hydrogens is 436 g/mol. The van der Waals surface area contributed by atoms with Crippen LogP contribution < -0.4 is 0 Å². The second-order valence-corrected chi connectivity index (χ2v) is 7.31. The zero-order valence-corrected chi connectivity index (χ0v) is 19.0. The summed E-state index contributed by atoms with van der Waals surface area (Å²) in [5.41, 5.74) is 1.33. The Labute approximate surface area is 191 Å². The van der Waals surface area contributed by atoms with Crippen molar-refractivity contribution in [1.29, 1.82) is 0 Å². The summed E-state index contributed by atoms with van der Waals surface area (Å²) in [5.74, 6) is -2.85. The van der Waals surface area contributed by atoms with Gasteiger partial charge in [-0.1, -0.05) is 30.3 Å². The molecule has 10 heteroatoms. The van der Waals surface area contributed by atoms with Gasteiger partial charge in [0.05, 0.1) is 13.2 Å². The lowest BCUT2D eigenvalue weighted by molar-refractivity contribution is -0.298. The average Bonchev–Trinajstić information content (AvgIpc) is 2.71. The summed E-state index contributed by atoms with van der Waals surface area (Å²) < 4.78 is 32.8. The van der Waals surface area contributed by atoms with E-state index in [1.807, 2.05) is 6.07 Å². The third-order valence-corrected chi connectivity index (χ3v) is 4.47. The molecule has 0 saturated carbocycles. The summed E-state index contributed by atoms with van der Waals surface area (Å²) in [6.07, 6.45) is -4.70. The van der Waals surface area contributed by atoms with Crippen LogP contribution in [0.1, 0.15) is 44.9 Å². The van der Waals surface area contributed by atoms with Crippen LogP contribution >= 0.6 is 0 Å². The van der Waals surface area contributed by atoms with Gasteiger partial charge >= 0.3 is 23.9 Å². The van der Waals surface area contributed by atoms with E-state index in [0.29, 0.717) is 12.2 Å². The van der Waals surface area contributed by atoms with Crippen molar-refractivity contribution in [1.82, 2.24) is 0 Å². The topological polar surface area (TPSA) is 124 Å². The lowest BCUT2D eigenvalue weighted by atomic mass is 9.92. The third kappa shape index (κ3) is 7.69. The molecule has 2 rings (SSSR count). The van der Waals surface area contributed by atoms with Gasteiger partial charge in [0, 0.05) is 27.7 Å². The van der Waals surface area contributed by atoms with Gasteiger partial charge in [0.25, 0.3) is 0 Å². The number of hydrogen-bond donors (Lipinski definition) is 0. The quantitative estimate of drug-likeness (QED) is 0.232. The fraction of sp³-hybridized carbons (Fsp3) is 0.478. The summed E-state index contributed by atoms with van der Waals surface area (Å²) in [7, 11) is 0. The molecule has 1 aromatic rings. The summed E-state index contributed by atoms with van der Waals surface area (Å²) in [4.78, 5) is 47.2. The minimum absolute atomic E-state index is 0.279. The minimum Gasteiger partial charge on any atom is -0.455 e. The number of carbonyl (C=O) groups is 4. The molecule has 5 atom stereocenters. The van der Waals surface area contributed by atoms with Crippen LogP contribution in [-0.2, 0) is 54.2 Å². The maximum atomic E-state index is 11.9. The first kappa shape index (κ1) is 26.0. The standard InChI is InChI=1S/C23H28O10/c1-6-10-28-12-17-8-7-9-18(11-17)19-20(29-13(2)24)21(30-14(3)25)22(31-15(4)26)23(33-19)32-16(5)27/h6-9,11,19-23H,1,10,12H2,2-5H3/t19-,20-,21+,22-,23?/m0/s1. The van der Waals surface area contributed by atoms with E-state index < -0.39 is 54.6 Å². The average molecular weight is 464 g/mol. The van der Waals surface area contributed by atoms with E-state index in [9.17, 15) is 19.2 Å². The van der Waals surface area contributed by atoms with E-state index in [1.165, 1.54) is 6.92 Å². The van der Waals surface area contributed by atoms with Crippen molar-refractivity contribution in [3.63, 3.8) is 0 Å². The van der Waals surface area contributed by atoms with Crippen molar-refractivity contribution >= 4 is 23.9 Å². The predicted molar refractivity (Wildman–Crippen MR) is 112 cm³/mol. The van der Waals surface area contributed by atoms with E-state index in [4.69, 9.17) is 28.4 Å². The smallest absolute Gasteiger partial charge is 0.305 e. The molecule has 0 spiro atoms. The van der Waals surface area contributed by atoms with E-state index in [1.54, 1.807) is 24.3 Å². The number of rotatable bonds is 9. The molecule has 180 valence electrons. The molecule has 0 aromatic heterocycles. The highest BCUT2D eigenvalue weighted by Crippen LogP contribution is 2.38. The fourth-order valence-electron chi connectivity index (χ4n) is 3.42. The van der Waals surface area contributed by atoms with Crippen molar-refractivity contribution in [3.05, 3.63) is 48.0 Å². The van der Waals surface area contributed by atoms with Gasteiger partial charge < -0.3 is 28.4 Å². The van der Waals surface area contributed by atoms with Crippen LogP contribution in [0.4, 0.5) is 0 Å². The molecule has 1 aliphatic rings. The van der Waals surface area contributed by atoms with E-state index >= 15 is 0 Å². The Hall–Kier alpha value is -3.24. The summed E-state index contributed by atoms with van der Waals surface area (Å²) in [6, 6.07) is 7.03. The normalized spacial score (nSPS) is 24.3. The van der Waals surface area contributed by atoms with Crippen LogP contribution in [-0.4, -0.2) is 55.1 Å². The van der Waals surface area contributed by atoms with Crippen molar-refractivity contribution in [2.75, 3.05) is 6.61 Å². The minimum atomic E-state index is -1.42. The van der Waals surface area contributed by atoms with Gasteiger partial charge in [-0.25, -0.2) is 0 Å². The van der Waals surface area contributed by atoms with Gasteiger partial charge in [0.15, 0.2) is 12.2 Å². The molecular formula is C23H28O10. The summed E-state index contributed by atoms with van der Waals surface area (Å²) in [5, 5.41) is 0. The van der Waals surface area contributed by atoms with Gasteiger partial charge in [-0.15, -0.1) is 6.58 Å². The highest BCUT2D eigenvalue weighted by atomic mass is 16.7. The molecule has 0 radical (unpaired) electrons. The van der Waals surface area contributed by atoms with E-state index in [0.717, 1.165) is 26.3 Å². The Morgan fingerprint density at radius 3 is 2.03 bits per heavy atom. The van der Waals surface area contributed by atoms with Gasteiger partial charge in [-0.05, 0) is 11.1 Å². The maximum Gasteiger partial charge on any atom is 0.305 e. The van der Waals surface area contributed by atoms with E-state index in [-0.39, 0.29) is 6.61 Å². The molecule has 1 fully saturated rings. The molecule has 33 heavy (non-hydrogen) atoms. The van der Waals surface area contributed by atoms with Crippen LogP contribution in [0.15, 0.2) is 36.9 Å². The van der Waals surface area contributed by atoms with Crippen molar-refractivity contribution in [2.24, 2.45) is 0 Å². The molecule has 1 heterocycles. The van der Waals surface area contributed by atoms with Gasteiger partial charge in [-0.2, -0.15) is 0 Å². The highest BCUT2D eigenvalue weighted by molar-refractivity contribution is 5.69. The summed E-state index contributed by atoms with van der Waals surface area (Å²) >= 11 is 0. The molecule has 1 aromatic carbocycles. The first-order valence-electron chi connectivity index (χ1n) is 10.2. The van der Waals surface area contributed by atoms with Crippen molar-refractivity contribution < 1.29 is 47.6 Å².